The molecule has 0 saturated carbocycles. The zero-order chi connectivity index (χ0) is 22.6. The Bertz CT molecular complexity index is 1030. The molecule has 0 radical (unpaired) electrons. The fraction of sp³-hybridized carbons (Fsp3) is 0.222. The molecule has 1 aliphatic heterocycles. The van der Waals surface area contributed by atoms with Crippen molar-refractivity contribution in [2.45, 2.75) is 12.6 Å². The van der Waals surface area contributed by atoms with Gasteiger partial charge in [0.2, 0.25) is 12.7 Å². The van der Waals surface area contributed by atoms with Crippen LogP contribution < -0.4 is 25.6 Å². The van der Waals surface area contributed by atoms with E-state index < -0.39 is 34.2 Å². The summed E-state index contributed by atoms with van der Waals surface area (Å²) >= 11 is 0. The first-order valence-electron chi connectivity index (χ1n) is 8.73. The molecule has 1 heterocycles. The van der Waals surface area contributed by atoms with E-state index in [4.69, 9.17) is 9.47 Å². The zero-order valence-corrected chi connectivity index (χ0v) is 15.6. The molecule has 0 atom stereocenters. The van der Waals surface area contributed by atoms with Gasteiger partial charge in [-0.2, -0.15) is 13.2 Å². The van der Waals surface area contributed by atoms with Gasteiger partial charge < -0.3 is 14.8 Å². The normalized spacial score (nSPS) is 12.2. The lowest BCUT2D eigenvalue weighted by atomic mass is 10.1. The number of nitro groups is 1. The van der Waals surface area contributed by atoms with E-state index in [1.54, 1.807) is 6.07 Å². The summed E-state index contributed by atoms with van der Waals surface area (Å²) in [4.78, 5) is 34.0. The van der Waals surface area contributed by atoms with Crippen molar-refractivity contribution in [1.29, 1.82) is 0 Å². The molecule has 0 fully saturated rings. The van der Waals surface area contributed by atoms with Crippen molar-refractivity contribution in [2.24, 2.45) is 0 Å². The van der Waals surface area contributed by atoms with Crippen molar-refractivity contribution in [1.82, 2.24) is 10.9 Å². The van der Waals surface area contributed by atoms with Crippen molar-refractivity contribution >= 4 is 23.2 Å². The fourth-order valence-electron chi connectivity index (χ4n) is 2.62. The minimum Gasteiger partial charge on any atom is -0.454 e. The summed E-state index contributed by atoms with van der Waals surface area (Å²) in [5.74, 6) is -0.362. The minimum absolute atomic E-state index is 0.0429. The third-order valence-corrected chi connectivity index (χ3v) is 4.14. The molecule has 0 bridgehead atoms. The van der Waals surface area contributed by atoms with Crippen molar-refractivity contribution < 1.29 is 37.2 Å². The van der Waals surface area contributed by atoms with E-state index >= 15 is 0 Å². The lowest BCUT2D eigenvalue weighted by Gasteiger charge is -2.11. The summed E-state index contributed by atoms with van der Waals surface area (Å²) in [6, 6.07) is 6.48. The van der Waals surface area contributed by atoms with E-state index in [0.717, 1.165) is 6.07 Å². The Morgan fingerprint density at radius 2 is 1.81 bits per heavy atom. The van der Waals surface area contributed by atoms with Gasteiger partial charge in [0.1, 0.15) is 5.69 Å². The monoisotopic (exact) mass is 440 g/mol. The second-order valence-corrected chi connectivity index (χ2v) is 6.23. The van der Waals surface area contributed by atoms with Crippen LogP contribution in [0.25, 0.3) is 0 Å². The van der Waals surface area contributed by atoms with Gasteiger partial charge in [0.05, 0.1) is 10.5 Å². The maximum atomic E-state index is 12.7. The van der Waals surface area contributed by atoms with Crippen LogP contribution in [-0.4, -0.2) is 30.1 Å². The number of nitro benzene ring substituents is 1. The summed E-state index contributed by atoms with van der Waals surface area (Å²) in [5.41, 5.74) is 2.47. The average Bonchev–Trinajstić information content (AvgIpc) is 3.19. The summed E-state index contributed by atoms with van der Waals surface area (Å²) in [5, 5.41) is 13.6. The van der Waals surface area contributed by atoms with Gasteiger partial charge in [-0.25, -0.2) is 0 Å². The van der Waals surface area contributed by atoms with E-state index in [0.29, 0.717) is 23.6 Å². The smallest absolute Gasteiger partial charge is 0.416 e. The van der Waals surface area contributed by atoms with Crippen LogP contribution in [0.4, 0.5) is 24.5 Å². The summed E-state index contributed by atoms with van der Waals surface area (Å²) < 4.78 is 48.4. The Labute approximate surface area is 172 Å². The van der Waals surface area contributed by atoms with Gasteiger partial charge in [-0.05, 0) is 30.3 Å². The van der Waals surface area contributed by atoms with Crippen LogP contribution in [-0.2, 0) is 11.0 Å². The Kier molecular flexibility index (Phi) is 6.13. The predicted octanol–water partition coefficient (Wildman–Crippen LogP) is 2.61. The van der Waals surface area contributed by atoms with Crippen molar-refractivity contribution in [3.8, 4) is 11.5 Å². The van der Waals surface area contributed by atoms with Crippen LogP contribution in [0.1, 0.15) is 22.3 Å². The predicted molar refractivity (Wildman–Crippen MR) is 99.4 cm³/mol. The van der Waals surface area contributed by atoms with E-state index in [9.17, 15) is 32.9 Å². The highest BCUT2D eigenvalue weighted by molar-refractivity contribution is 5.96. The molecule has 2 amide bonds. The van der Waals surface area contributed by atoms with Crippen LogP contribution in [0.15, 0.2) is 36.4 Å². The molecule has 3 rings (SSSR count). The molecule has 0 unspecified atom stereocenters. The largest absolute Gasteiger partial charge is 0.454 e. The number of ether oxygens (including phenoxy) is 2. The molecule has 0 aliphatic carbocycles. The van der Waals surface area contributed by atoms with Crippen molar-refractivity contribution in [3.05, 3.63) is 57.6 Å². The standard InChI is InChI=1S/C18H15F3N4O6/c19-18(20,21)11-2-3-12(13(8-11)25(28)29)22-6-5-16(26)23-24-17(27)10-1-4-14-15(7-10)31-9-30-14/h1-4,7-8,22H,5-6,9H2,(H,23,26)(H,24,27). The number of benzene rings is 2. The number of rotatable bonds is 6. The highest BCUT2D eigenvalue weighted by Crippen LogP contribution is 2.35. The van der Waals surface area contributed by atoms with Crippen molar-refractivity contribution in [2.75, 3.05) is 18.7 Å². The first-order chi connectivity index (χ1) is 14.6. The topological polar surface area (TPSA) is 132 Å². The Balaban J connectivity index is 1.50. The number of anilines is 1. The van der Waals surface area contributed by atoms with Crippen molar-refractivity contribution in [3.63, 3.8) is 0 Å². The second-order valence-electron chi connectivity index (χ2n) is 6.23. The van der Waals surface area contributed by atoms with Crippen LogP contribution in [0.2, 0.25) is 0 Å². The quantitative estimate of drug-likeness (QED) is 0.465. The fourth-order valence-corrected chi connectivity index (χ4v) is 2.62. The SMILES string of the molecule is O=C(CCNc1ccc(C(F)(F)F)cc1[N+](=O)[O-])NNC(=O)c1ccc2c(c1)OCO2. The molecule has 164 valence electrons. The third-order valence-electron chi connectivity index (χ3n) is 4.14. The number of fused-ring (bicyclic) bond motifs is 1. The number of nitrogens with one attached hydrogen (secondary N) is 3. The molecule has 2 aromatic carbocycles. The van der Waals surface area contributed by atoms with Gasteiger partial charge in [0.25, 0.3) is 11.6 Å². The summed E-state index contributed by atoms with van der Waals surface area (Å²) in [6.07, 6.45) is -4.95. The number of carbonyl (C=O) groups excluding carboxylic acids is 2. The highest BCUT2D eigenvalue weighted by Gasteiger charge is 2.33. The molecule has 31 heavy (non-hydrogen) atoms. The van der Waals surface area contributed by atoms with Gasteiger partial charge in [-0.3, -0.25) is 30.6 Å². The molecule has 0 spiro atoms. The molecule has 10 nitrogen and oxygen atoms in total. The zero-order valence-electron chi connectivity index (χ0n) is 15.6. The number of hydrogen-bond donors (Lipinski definition) is 3. The second kappa shape index (κ2) is 8.77. The minimum atomic E-state index is -4.72. The molecule has 2 aromatic rings. The highest BCUT2D eigenvalue weighted by atomic mass is 19.4. The Hall–Kier alpha value is -4.03. The summed E-state index contributed by atoms with van der Waals surface area (Å²) in [6.45, 7) is -0.0842. The molecule has 0 saturated heterocycles. The Morgan fingerprint density at radius 1 is 1.06 bits per heavy atom. The third kappa shape index (κ3) is 5.32. The van der Waals surface area contributed by atoms with Crippen LogP contribution in [0, 0.1) is 10.1 Å². The van der Waals surface area contributed by atoms with E-state index in [1.807, 2.05) is 0 Å². The number of nitrogens with zero attached hydrogens (tertiary/aromatic N) is 1. The number of amides is 2. The van der Waals surface area contributed by atoms with Gasteiger partial charge in [0.15, 0.2) is 11.5 Å². The summed E-state index contributed by atoms with van der Waals surface area (Å²) in [7, 11) is 0. The lowest BCUT2D eigenvalue weighted by molar-refractivity contribution is -0.384. The molecular formula is C18H15F3N4O6. The van der Waals surface area contributed by atoms with Gasteiger partial charge in [-0.15, -0.1) is 0 Å². The number of hydrazine groups is 1. The lowest BCUT2D eigenvalue weighted by Crippen LogP contribution is -2.42. The van der Waals surface area contributed by atoms with Crippen LogP contribution >= 0.6 is 0 Å². The van der Waals surface area contributed by atoms with Gasteiger partial charge in [-0.1, -0.05) is 0 Å². The first kappa shape index (κ1) is 21.7. The first-order valence-corrected chi connectivity index (χ1v) is 8.73. The number of halogens is 3. The number of alkyl halides is 3. The van der Waals surface area contributed by atoms with Gasteiger partial charge in [0, 0.05) is 24.6 Å². The molecule has 13 heteroatoms. The van der Waals surface area contributed by atoms with E-state index in [1.165, 1.54) is 12.1 Å². The maximum Gasteiger partial charge on any atom is 0.416 e. The Morgan fingerprint density at radius 3 is 2.52 bits per heavy atom. The molecule has 3 N–H and O–H groups in total. The van der Waals surface area contributed by atoms with Crippen LogP contribution in [0.5, 0.6) is 11.5 Å². The molecule has 0 aromatic heterocycles. The number of hydrogen-bond acceptors (Lipinski definition) is 7. The van der Waals surface area contributed by atoms with Crippen LogP contribution in [0.3, 0.4) is 0 Å². The van der Waals surface area contributed by atoms with Gasteiger partial charge >= 0.3 is 6.18 Å². The number of carbonyl (C=O) groups is 2. The molecular weight excluding hydrogens is 425 g/mol. The maximum absolute atomic E-state index is 12.7. The van der Waals surface area contributed by atoms with E-state index in [2.05, 4.69) is 16.2 Å². The average molecular weight is 440 g/mol. The van der Waals surface area contributed by atoms with E-state index in [-0.39, 0.29) is 31.0 Å². The molecule has 1 aliphatic rings.